The van der Waals surface area contributed by atoms with Gasteiger partial charge in [-0.3, -0.25) is 4.79 Å². The minimum atomic E-state index is -0.298. The third-order valence-electron chi connectivity index (χ3n) is 11.7. The Morgan fingerprint density at radius 3 is 2.45 bits per heavy atom. The lowest BCUT2D eigenvalue weighted by Crippen LogP contribution is -2.66. The minimum Gasteiger partial charge on any atom is -0.469 e. The van der Waals surface area contributed by atoms with Gasteiger partial charge in [0.05, 0.1) is 31.3 Å². The minimum absolute atomic E-state index is 0. The number of hydrogen-bond acceptors (Lipinski definition) is 5. The molecule has 0 aromatic heterocycles. The monoisotopic (exact) mass is 465 g/mol. The van der Waals surface area contributed by atoms with Crippen molar-refractivity contribution in [3.63, 3.8) is 0 Å². The van der Waals surface area contributed by atoms with E-state index in [9.17, 15) is 9.90 Å². The number of esters is 1. The molecule has 0 bridgehead atoms. The topological polar surface area (TPSA) is 113 Å². The summed E-state index contributed by atoms with van der Waals surface area (Å²) in [6, 6.07) is 0. The third-order valence-corrected chi connectivity index (χ3v) is 11.7. The van der Waals surface area contributed by atoms with Crippen LogP contribution >= 0.6 is 0 Å². The van der Waals surface area contributed by atoms with Crippen molar-refractivity contribution in [3.05, 3.63) is 0 Å². The fourth-order valence-electron chi connectivity index (χ4n) is 9.57. The maximum Gasteiger partial charge on any atom is 0.309 e. The van der Waals surface area contributed by atoms with Crippen molar-refractivity contribution in [1.82, 2.24) is 0 Å². The van der Waals surface area contributed by atoms with E-state index in [1.54, 1.807) is 0 Å². The molecule has 0 spiro atoms. The summed E-state index contributed by atoms with van der Waals surface area (Å²) in [5, 5.41) is 10.1. The molecule has 0 unspecified atom stereocenters. The fraction of sp³-hybridized carbons (Fsp3) is 0.963. The van der Waals surface area contributed by atoms with E-state index in [0.29, 0.717) is 29.3 Å². The first-order chi connectivity index (χ1) is 15.1. The van der Waals surface area contributed by atoms with Crippen molar-refractivity contribution < 1.29 is 24.9 Å². The van der Waals surface area contributed by atoms with Crippen LogP contribution in [0.2, 0.25) is 0 Å². The van der Waals surface area contributed by atoms with Gasteiger partial charge in [0, 0.05) is 5.54 Å². The molecule has 0 amide bonds. The number of carbonyl (C=O) groups is 1. The number of aliphatic hydroxyl groups is 1. The second kappa shape index (κ2) is 8.76. The van der Waals surface area contributed by atoms with Crippen LogP contribution in [0.15, 0.2) is 0 Å². The lowest BCUT2D eigenvalue weighted by Gasteiger charge is -2.64. The van der Waals surface area contributed by atoms with E-state index in [1.165, 1.54) is 45.6 Å². The van der Waals surface area contributed by atoms with Gasteiger partial charge in [-0.05, 0) is 112 Å². The van der Waals surface area contributed by atoms with E-state index < -0.39 is 0 Å². The molecule has 6 heteroatoms. The molecule has 33 heavy (non-hydrogen) atoms. The Hall–Kier alpha value is -0.690. The number of carbonyl (C=O) groups excluding carboxylic acids is 1. The Kier molecular flexibility index (Phi) is 6.74. The normalized spacial score (nSPS) is 53.8. The highest BCUT2D eigenvalue weighted by atomic mass is 16.5. The van der Waals surface area contributed by atoms with E-state index in [4.69, 9.17) is 15.2 Å². The number of hydrogen-bond donors (Lipinski definition) is 2. The molecule has 6 nitrogen and oxygen atoms in total. The summed E-state index contributed by atoms with van der Waals surface area (Å²) in [6.07, 6.45) is 12.2. The van der Waals surface area contributed by atoms with Crippen molar-refractivity contribution in [2.24, 2.45) is 46.2 Å². The summed E-state index contributed by atoms with van der Waals surface area (Å²) in [7, 11) is 1.52. The first-order valence-corrected chi connectivity index (χ1v) is 13.3. The Morgan fingerprint density at radius 2 is 1.76 bits per heavy atom. The first-order valence-electron chi connectivity index (χ1n) is 13.3. The maximum absolute atomic E-state index is 12.6. The molecule has 1 heterocycles. The van der Waals surface area contributed by atoms with Gasteiger partial charge >= 0.3 is 5.97 Å². The smallest absolute Gasteiger partial charge is 0.309 e. The first kappa shape index (κ1) is 25.4. The molecule has 5 rings (SSSR count). The van der Waals surface area contributed by atoms with Crippen LogP contribution in [0.4, 0.5) is 0 Å². The van der Waals surface area contributed by atoms with Crippen LogP contribution in [0.5, 0.6) is 0 Å². The zero-order chi connectivity index (χ0) is 22.9. The maximum atomic E-state index is 12.6. The summed E-state index contributed by atoms with van der Waals surface area (Å²) in [4.78, 5) is 12.6. The van der Waals surface area contributed by atoms with Crippen LogP contribution in [-0.2, 0) is 14.3 Å². The van der Waals surface area contributed by atoms with Crippen molar-refractivity contribution in [2.45, 2.75) is 115 Å². The van der Waals surface area contributed by atoms with Gasteiger partial charge in [0.25, 0.3) is 0 Å². The van der Waals surface area contributed by atoms with E-state index in [0.717, 1.165) is 38.0 Å². The number of nitrogens with two attached hydrogens (primary N) is 1. The standard InChI is InChI=1S/C27H45NO4.H2O/c1-16-22(29)7-8-23(32-16)17-9-12-25(2)18(15-17)5-6-20-19(25)10-13-26(3)21(24(30)31-4)11-14-27(20,26)28;/h16-23,29H,5-15,28H2,1-4H3;1H2/t16-,17-,18+,19-,20+,21+,22+,23-,25-,26+,27+;/m0./s1. The molecule has 4 saturated carbocycles. The number of methoxy groups -OCH3 is 1. The number of aliphatic hydroxyl groups excluding tert-OH is 1. The summed E-state index contributed by atoms with van der Waals surface area (Å²) < 4.78 is 11.5. The molecule has 1 saturated heterocycles. The van der Waals surface area contributed by atoms with Crippen LogP contribution in [0.3, 0.4) is 0 Å². The molecule has 190 valence electrons. The van der Waals surface area contributed by atoms with Gasteiger partial charge in [0.15, 0.2) is 0 Å². The second-order valence-electron chi connectivity index (χ2n) is 12.7. The summed E-state index contributed by atoms with van der Waals surface area (Å²) in [5.74, 6) is 2.49. The Bertz CT molecular complexity index is 746. The van der Waals surface area contributed by atoms with Gasteiger partial charge in [-0.15, -0.1) is 0 Å². The predicted octanol–water partition coefficient (Wildman–Crippen LogP) is 3.62. The lowest BCUT2D eigenvalue weighted by atomic mass is 9.42. The molecule has 5 fully saturated rings. The van der Waals surface area contributed by atoms with Gasteiger partial charge in [0.1, 0.15) is 0 Å². The molecule has 4 aliphatic carbocycles. The van der Waals surface area contributed by atoms with Crippen LogP contribution in [0, 0.1) is 40.4 Å². The SMILES string of the molecule is COC(=O)[C@H]1CC[C@@]2(N)[C@@H]3CC[C@@H]4C[C@@H]([C@@H]5CC[C@@H](O)[C@H](C)O5)CC[C@]4(C)[C@H]3CC[C@]12C.O. The highest BCUT2D eigenvalue weighted by Gasteiger charge is 2.67. The van der Waals surface area contributed by atoms with Gasteiger partial charge in [-0.2, -0.15) is 0 Å². The summed E-state index contributed by atoms with van der Waals surface area (Å²) in [5.41, 5.74) is 7.33. The molecule has 0 aromatic carbocycles. The van der Waals surface area contributed by atoms with Crippen LogP contribution in [-0.4, -0.2) is 47.5 Å². The van der Waals surface area contributed by atoms with E-state index in [-0.39, 0.29) is 40.5 Å². The van der Waals surface area contributed by atoms with Crippen molar-refractivity contribution in [3.8, 4) is 0 Å². The number of rotatable bonds is 2. The predicted molar refractivity (Wildman–Crippen MR) is 127 cm³/mol. The Labute approximate surface area is 199 Å². The Balaban J connectivity index is 0.00000259. The van der Waals surface area contributed by atoms with Gasteiger partial charge in [-0.1, -0.05) is 13.8 Å². The third kappa shape index (κ3) is 3.61. The molecular weight excluding hydrogens is 418 g/mol. The van der Waals surface area contributed by atoms with Crippen LogP contribution in [0.25, 0.3) is 0 Å². The zero-order valence-corrected chi connectivity index (χ0v) is 21.1. The van der Waals surface area contributed by atoms with Crippen molar-refractivity contribution in [2.75, 3.05) is 7.11 Å². The van der Waals surface area contributed by atoms with Crippen LogP contribution < -0.4 is 5.73 Å². The molecule has 0 radical (unpaired) electrons. The van der Waals surface area contributed by atoms with Gasteiger partial charge in [0.2, 0.25) is 0 Å². The van der Waals surface area contributed by atoms with E-state index in [2.05, 4.69) is 13.8 Å². The van der Waals surface area contributed by atoms with Gasteiger partial charge in [-0.25, -0.2) is 0 Å². The summed E-state index contributed by atoms with van der Waals surface area (Å²) in [6.45, 7) is 6.88. The highest BCUT2D eigenvalue weighted by Crippen LogP contribution is 2.68. The number of ether oxygens (including phenoxy) is 2. The molecule has 1 aliphatic heterocycles. The molecule has 11 atom stereocenters. The van der Waals surface area contributed by atoms with Crippen LogP contribution in [0.1, 0.15) is 91.4 Å². The largest absolute Gasteiger partial charge is 0.469 e. The zero-order valence-electron chi connectivity index (χ0n) is 21.1. The molecule has 0 aromatic rings. The van der Waals surface area contributed by atoms with Crippen molar-refractivity contribution in [1.29, 1.82) is 0 Å². The van der Waals surface area contributed by atoms with E-state index >= 15 is 0 Å². The molecular formula is C27H47NO5. The van der Waals surface area contributed by atoms with Gasteiger partial charge < -0.3 is 25.8 Å². The molecule has 5 N–H and O–H groups in total. The highest BCUT2D eigenvalue weighted by molar-refractivity contribution is 5.74. The average molecular weight is 466 g/mol. The van der Waals surface area contributed by atoms with Crippen molar-refractivity contribution >= 4 is 5.97 Å². The average Bonchev–Trinajstić information content (AvgIpc) is 3.06. The van der Waals surface area contributed by atoms with E-state index in [1.807, 2.05) is 6.92 Å². The second-order valence-corrected chi connectivity index (χ2v) is 12.7. The summed E-state index contributed by atoms with van der Waals surface area (Å²) >= 11 is 0. The fourth-order valence-corrected chi connectivity index (χ4v) is 9.57. The Morgan fingerprint density at radius 1 is 1.00 bits per heavy atom. The quantitative estimate of drug-likeness (QED) is 0.605. The molecule has 5 aliphatic rings. The number of fused-ring (bicyclic) bond motifs is 5. The lowest BCUT2D eigenvalue weighted by molar-refractivity contribution is -0.168.